The fourth-order valence-corrected chi connectivity index (χ4v) is 4.28. The fraction of sp³-hybridized carbons (Fsp3) is 0.364. The van der Waals surface area contributed by atoms with Crippen molar-refractivity contribution in [3.8, 4) is 0 Å². The molecular weight excluding hydrogens is 482 g/mol. The Morgan fingerprint density at radius 3 is 2.35 bits per heavy atom. The largest absolute Gasteiger partial charge is 0.357 e. The minimum Gasteiger partial charge on any atom is -0.357 e. The van der Waals surface area contributed by atoms with Crippen LogP contribution in [0.25, 0.3) is 0 Å². The van der Waals surface area contributed by atoms with Crippen LogP contribution in [0.15, 0.2) is 46.9 Å². The summed E-state index contributed by atoms with van der Waals surface area (Å²) in [7, 11) is -2.24. The molecule has 2 aromatic rings. The van der Waals surface area contributed by atoms with Crippen LogP contribution in [0.2, 0.25) is 0 Å². The van der Waals surface area contributed by atoms with Crippen LogP contribution in [0, 0.1) is 13.8 Å². The van der Waals surface area contributed by atoms with E-state index in [1.165, 1.54) is 11.9 Å². The van der Waals surface area contributed by atoms with Gasteiger partial charge >= 0.3 is 0 Å². The lowest BCUT2D eigenvalue weighted by Gasteiger charge is -2.31. The number of amides is 2. The molecule has 2 aromatic carbocycles. The molecule has 1 atom stereocenters. The molecule has 0 unspecified atom stereocenters. The summed E-state index contributed by atoms with van der Waals surface area (Å²) in [5.41, 5.74) is 3.11. The van der Waals surface area contributed by atoms with E-state index in [2.05, 4.69) is 21.2 Å². The molecule has 31 heavy (non-hydrogen) atoms. The number of benzene rings is 2. The molecule has 0 spiro atoms. The summed E-state index contributed by atoms with van der Waals surface area (Å²) in [6, 6.07) is 11.9. The number of halogens is 1. The number of carbonyl (C=O) groups excluding carboxylic acids is 2. The molecule has 0 aliphatic rings. The monoisotopic (exact) mass is 509 g/mol. The quantitative estimate of drug-likeness (QED) is 0.592. The Hall–Kier alpha value is -2.39. The first-order valence-electron chi connectivity index (χ1n) is 9.74. The number of hydrogen-bond acceptors (Lipinski definition) is 4. The highest BCUT2D eigenvalue weighted by atomic mass is 79.9. The van der Waals surface area contributed by atoms with Gasteiger partial charge in [0.2, 0.25) is 21.8 Å². The van der Waals surface area contributed by atoms with Gasteiger partial charge in [-0.15, -0.1) is 0 Å². The average Bonchev–Trinajstić information content (AvgIpc) is 2.70. The van der Waals surface area contributed by atoms with Crippen molar-refractivity contribution in [2.45, 2.75) is 33.4 Å². The van der Waals surface area contributed by atoms with Crippen molar-refractivity contribution in [2.75, 3.05) is 24.2 Å². The number of likely N-dealkylation sites (N-methyl/N-ethyl adjacent to an activating group) is 1. The molecule has 0 heterocycles. The van der Waals surface area contributed by atoms with Crippen molar-refractivity contribution in [2.24, 2.45) is 0 Å². The van der Waals surface area contributed by atoms with Crippen molar-refractivity contribution in [1.29, 1.82) is 0 Å². The number of rotatable bonds is 8. The van der Waals surface area contributed by atoms with E-state index in [0.717, 1.165) is 31.7 Å². The molecule has 0 saturated heterocycles. The molecule has 0 aromatic heterocycles. The van der Waals surface area contributed by atoms with Crippen LogP contribution in [0.3, 0.4) is 0 Å². The molecule has 0 aliphatic heterocycles. The second-order valence-electron chi connectivity index (χ2n) is 7.50. The van der Waals surface area contributed by atoms with E-state index >= 15 is 0 Å². The average molecular weight is 510 g/mol. The Bertz CT molecular complexity index is 1070. The van der Waals surface area contributed by atoms with Gasteiger partial charge in [0.05, 0.1) is 11.9 Å². The number of anilines is 1. The van der Waals surface area contributed by atoms with Gasteiger partial charge in [0.25, 0.3) is 0 Å². The molecule has 1 N–H and O–H groups in total. The van der Waals surface area contributed by atoms with Gasteiger partial charge in [0, 0.05) is 18.1 Å². The minimum atomic E-state index is -3.74. The Balaban J connectivity index is 2.40. The molecule has 2 amide bonds. The number of nitrogens with zero attached hydrogens (tertiary/aromatic N) is 2. The maximum absolute atomic E-state index is 13.3. The minimum absolute atomic E-state index is 0.187. The normalized spacial score (nSPS) is 12.2. The molecule has 0 saturated carbocycles. The Labute approximate surface area is 192 Å². The first-order valence-corrected chi connectivity index (χ1v) is 12.4. The zero-order valence-electron chi connectivity index (χ0n) is 18.3. The van der Waals surface area contributed by atoms with E-state index in [9.17, 15) is 18.0 Å². The molecule has 0 fully saturated rings. The molecule has 0 bridgehead atoms. The van der Waals surface area contributed by atoms with Crippen molar-refractivity contribution in [3.05, 3.63) is 63.6 Å². The molecule has 9 heteroatoms. The van der Waals surface area contributed by atoms with E-state index in [1.54, 1.807) is 25.1 Å². The van der Waals surface area contributed by atoms with Crippen molar-refractivity contribution >= 4 is 43.5 Å². The number of sulfonamides is 1. The maximum atomic E-state index is 13.3. The summed E-state index contributed by atoms with van der Waals surface area (Å²) in [6.45, 7) is 5.19. The zero-order valence-corrected chi connectivity index (χ0v) is 20.7. The Kier molecular flexibility index (Phi) is 8.25. The van der Waals surface area contributed by atoms with Gasteiger partial charge in [0.1, 0.15) is 12.6 Å². The van der Waals surface area contributed by atoms with E-state index in [1.807, 2.05) is 38.1 Å². The summed E-state index contributed by atoms with van der Waals surface area (Å²) in [5.74, 6) is -0.796. The smallest absolute Gasteiger partial charge is 0.244 e. The van der Waals surface area contributed by atoms with E-state index in [-0.39, 0.29) is 12.5 Å². The van der Waals surface area contributed by atoms with Crippen LogP contribution < -0.4 is 9.62 Å². The summed E-state index contributed by atoms with van der Waals surface area (Å²) in [4.78, 5) is 27.0. The van der Waals surface area contributed by atoms with Gasteiger partial charge in [-0.1, -0.05) is 45.8 Å². The number of hydrogen-bond donors (Lipinski definition) is 1. The fourth-order valence-electron chi connectivity index (χ4n) is 3.20. The number of nitrogens with one attached hydrogen (secondary N) is 1. The SMILES string of the molecule is CNC(=O)[C@H](C)N(Cc1cccc(C)c1)C(=O)CN(c1ccc(Br)c(C)c1)S(C)(=O)=O. The van der Waals surface area contributed by atoms with Crippen LogP contribution in [-0.2, 0) is 26.2 Å². The van der Waals surface area contributed by atoms with Gasteiger partial charge < -0.3 is 10.2 Å². The highest BCUT2D eigenvalue weighted by Gasteiger charge is 2.29. The summed E-state index contributed by atoms with van der Waals surface area (Å²) < 4.78 is 26.9. The second kappa shape index (κ2) is 10.3. The molecular formula is C22H28BrN3O4S. The number of carbonyl (C=O) groups is 2. The van der Waals surface area contributed by atoms with Crippen LogP contribution in [-0.4, -0.2) is 51.0 Å². The van der Waals surface area contributed by atoms with Crippen molar-refractivity contribution in [1.82, 2.24) is 10.2 Å². The van der Waals surface area contributed by atoms with E-state index in [0.29, 0.717) is 5.69 Å². The topological polar surface area (TPSA) is 86.8 Å². The molecule has 2 rings (SSSR count). The van der Waals surface area contributed by atoms with Crippen molar-refractivity contribution < 1.29 is 18.0 Å². The van der Waals surface area contributed by atoms with Gasteiger partial charge in [0.15, 0.2) is 0 Å². The van der Waals surface area contributed by atoms with Crippen LogP contribution in [0.1, 0.15) is 23.6 Å². The Morgan fingerprint density at radius 2 is 1.81 bits per heavy atom. The summed E-state index contributed by atoms with van der Waals surface area (Å²) in [5, 5.41) is 2.56. The highest BCUT2D eigenvalue weighted by molar-refractivity contribution is 9.10. The zero-order chi connectivity index (χ0) is 23.3. The summed E-state index contributed by atoms with van der Waals surface area (Å²) in [6.07, 6.45) is 1.06. The van der Waals surface area contributed by atoms with Gasteiger partial charge in [-0.3, -0.25) is 13.9 Å². The molecule has 0 radical (unpaired) electrons. The van der Waals surface area contributed by atoms with Gasteiger partial charge in [-0.05, 0) is 50.1 Å². The lowest BCUT2D eigenvalue weighted by Crippen LogP contribution is -2.50. The van der Waals surface area contributed by atoms with E-state index < -0.39 is 28.5 Å². The number of aryl methyl sites for hydroxylation is 2. The lowest BCUT2D eigenvalue weighted by atomic mass is 10.1. The first-order chi connectivity index (χ1) is 14.4. The predicted octanol–water partition coefficient (Wildman–Crippen LogP) is 3.00. The molecule has 168 valence electrons. The van der Waals surface area contributed by atoms with Gasteiger partial charge in [-0.25, -0.2) is 8.42 Å². The highest BCUT2D eigenvalue weighted by Crippen LogP contribution is 2.25. The molecule has 0 aliphatic carbocycles. The first kappa shape index (κ1) is 24.9. The summed E-state index contributed by atoms with van der Waals surface area (Å²) >= 11 is 3.40. The van der Waals surface area contributed by atoms with E-state index in [4.69, 9.17) is 0 Å². The lowest BCUT2D eigenvalue weighted by molar-refractivity contribution is -0.139. The Morgan fingerprint density at radius 1 is 1.13 bits per heavy atom. The van der Waals surface area contributed by atoms with Crippen LogP contribution in [0.4, 0.5) is 5.69 Å². The van der Waals surface area contributed by atoms with Crippen molar-refractivity contribution in [3.63, 3.8) is 0 Å². The predicted molar refractivity (Wildman–Crippen MR) is 126 cm³/mol. The second-order valence-corrected chi connectivity index (χ2v) is 10.3. The van der Waals surface area contributed by atoms with Crippen LogP contribution in [0.5, 0.6) is 0 Å². The third-order valence-corrected chi connectivity index (χ3v) is 6.99. The maximum Gasteiger partial charge on any atom is 0.244 e. The van der Waals surface area contributed by atoms with Crippen LogP contribution >= 0.6 is 15.9 Å². The van der Waals surface area contributed by atoms with Gasteiger partial charge in [-0.2, -0.15) is 0 Å². The third-order valence-electron chi connectivity index (χ3n) is 4.96. The standard InChI is InChI=1S/C22H28BrN3O4S/c1-15-7-6-8-18(11-15)13-25(17(3)22(28)24-4)21(27)14-26(31(5,29)30)19-9-10-20(23)16(2)12-19/h6-12,17H,13-14H2,1-5H3,(H,24,28)/t17-/m0/s1. The molecule has 7 nitrogen and oxygen atoms in total. The third kappa shape index (κ3) is 6.54.